The van der Waals surface area contributed by atoms with Gasteiger partial charge in [0, 0.05) is 48.1 Å². The van der Waals surface area contributed by atoms with E-state index >= 15 is 0 Å². The maximum atomic E-state index is 12.9. The number of nitrogens with zero attached hydrogens (tertiary/aromatic N) is 4. The van der Waals surface area contributed by atoms with E-state index in [1.165, 1.54) is 23.5 Å². The molecule has 0 saturated carbocycles. The van der Waals surface area contributed by atoms with Crippen LogP contribution in [-0.2, 0) is 56.4 Å². The molecule has 13 nitrogen and oxygen atoms in total. The average Bonchev–Trinajstić information content (AvgIpc) is 3.79. The highest BCUT2D eigenvalue weighted by atomic mass is 32.2. The summed E-state index contributed by atoms with van der Waals surface area (Å²) in [5.41, 5.74) is 10.4. The Labute approximate surface area is 428 Å². The van der Waals surface area contributed by atoms with E-state index in [-0.39, 0.29) is 30.1 Å². The summed E-state index contributed by atoms with van der Waals surface area (Å²) in [5, 5.41) is 0.579. The Bertz CT molecular complexity index is 3040. The van der Waals surface area contributed by atoms with Gasteiger partial charge in [0.15, 0.2) is 22.1 Å². The number of hydrogen-bond acceptors (Lipinski definition) is 8. The van der Waals surface area contributed by atoms with Gasteiger partial charge >= 0.3 is 5.97 Å². The van der Waals surface area contributed by atoms with Gasteiger partial charge in [-0.25, -0.2) is 13.2 Å². The van der Waals surface area contributed by atoms with Gasteiger partial charge in [0.2, 0.25) is 5.69 Å². The van der Waals surface area contributed by atoms with Crippen LogP contribution >= 0.6 is 0 Å². The second-order valence-electron chi connectivity index (χ2n) is 23.2. The van der Waals surface area contributed by atoms with E-state index in [1.54, 1.807) is 18.2 Å². The fourth-order valence-electron chi connectivity index (χ4n) is 10.9. The van der Waals surface area contributed by atoms with Crippen molar-refractivity contribution in [3.05, 3.63) is 130 Å². The number of hydroxylamine groups is 2. The van der Waals surface area contributed by atoms with Crippen molar-refractivity contribution >= 4 is 54.7 Å². The number of amides is 2. The van der Waals surface area contributed by atoms with Crippen molar-refractivity contribution in [3.63, 3.8) is 0 Å². The largest absolute Gasteiger partial charge is 0.333 e. The zero-order valence-electron chi connectivity index (χ0n) is 44.2. The number of carbonyl (C=O) groups is 3. The molecule has 15 heteroatoms. The van der Waals surface area contributed by atoms with Crippen LogP contribution in [0, 0.1) is 0 Å². The van der Waals surface area contributed by atoms with Crippen molar-refractivity contribution < 1.29 is 54.2 Å². The maximum Gasteiger partial charge on any atom is 0.333 e. The van der Waals surface area contributed by atoms with E-state index < -0.39 is 48.6 Å². The van der Waals surface area contributed by atoms with Crippen molar-refractivity contribution in [2.24, 2.45) is 0 Å². The van der Waals surface area contributed by atoms with Crippen LogP contribution < -0.4 is 0 Å². The number of rotatable bonds is 18. The van der Waals surface area contributed by atoms with Crippen LogP contribution in [0.25, 0.3) is 5.57 Å². The first kappa shape index (κ1) is 54.5. The topological polar surface area (TPSA) is 155 Å². The molecule has 2 heterocycles. The minimum Gasteiger partial charge on any atom is -0.331 e. The Morgan fingerprint density at radius 1 is 0.778 bits per heavy atom. The summed E-state index contributed by atoms with van der Waals surface area (Å²) in [6.07, 6.45) is 15.9. The van der Waals surface area contributed by atoms with Crippen molar-refractivity contribution in [3.8, 4) is 0 Å². The van der Waals surface area contributed by atoms with E-state index in [1.807, 2.05) is 24.3 Å². The van der Waals surface area contributed by atoms with Gasteiger partial charge in [-0.3, -0.25) is 14.1 Å². The summed E-state index contributed by atoms with van der Waals surface area (Å²) < 4.78 is 64.6. The molecule has 3 aromatic carbocycles. The van der Waals surface area contributed by atoms with Crippen LogP contribution in [0.3, 0.4) is 0 Å². The Kier molecular flexibility index (Phi) is 15.5. The van der Waals surface area contributed by atoms with Gasteiger partial charge in [0.05, 0.1) is 83.4 Å². The van der Waals surface area contributed by atoms with E-state index in [4.69, 9.17) is 4.84 Å². The van der Waals surface area contributed by atoms with E-state index in [9.17, 15) is 35.8 Å². The SMILES string of the molecule is CC1(C)C(/C=C/C2=C(c3ccc(CCC(=O)ON4C(=O)CCC4=O)cc3)C(=C/C=C3/C(CCC[N+](C)(C)C)c4ccc(S(C)(=O)=O)cc4C3(C)C)/CCC2)=[N+](CCC[N+](C)(C)C)c2ccc(S(=O)(=O)O)cc21. The number of imide groups is 1. The van der Waals surface area contributed by atoms with Crippen molar-refractivity contribution in [2.45, 2.75) is 118 Å². The molecule has 0 spiro atoms. The standard InChI is InChI=1S/C57H74N4O9S2/c1-56(2)47(45(17-13-35-60(5,6)7)46-27-25-43(37-48(46)56)71(11,65)66)28-23-40-15-12-16-41(55(40)42-21-18-39(19-22-42)20-33-54(64)70-59-52(62)31-32-53(59)63)24-30-51-57(3,4)49-38-44(72(67,68)69)26-29-50(49)58(51)34-14-36-61(8,9)10/h18-19,21-30,37-38,45H,12-17,20,31-36H2,1-11H3/q+2/p+1/b30-24+,40-23+,47-28-. The van der Waals surface area contributed by atoms with Gasteiger partial charge in [-0.1, -0.05) is 68.0 Å². The first-order valence-electron chi connectivity index (χ1n) is 25.2. The molecule has 3 aromatic rings. The molecule has 1 saturated heterocycles. The smallest absolute Gasteiger partial charge is 0.331 e. The first-order chi connectivity index (χ1) is 33.5. The first-order valence-corrected chi connectivity index (χ1v) is 28.5. The van der Waals surface area contributed by atoms with Crippen LogP contribution in [0.5, 0.6) is 0 Å². The zero-order valence-corrected chi connectivity index (χ0v) is 45.8. The summed E-state index contributed by atoms with van der Waals surface area (Å²) in [6, 6.07) is 18.7. The van der Waals surface area contributed by atoms with Crippen molar-refractivity contribution in [1.29, 1.82) is 0 Å². The average molecular weight is 1020 g/mol. The molecule has 1 unspecified atom stereocenters. The minimum absolute atomic E-state index is 0.0145. The highest BCUT2D eigenvalue weighted by Gasteiger charge is 2.46. The summed E-state index contributed by atoms with van der Waals surface area (Å²) in [4.78, 5) is 42.2. The van der Waals surface area contributed by atoms with E-state index in [2.05, 4.69) is 111 Å². The number of sulfone groups is 1. The van der Waals surface area contributed by atoms with Gasteiger partial charge in [0.25, 0.3) is 21.9 Å². The summed E-state index contributed by atoms with van der Waals surface area (Å²) in [5.74, 6) is -1.59. The lowest BCUT2D eigenvalue weighted by Gasteiger charge is -2.27. The van der Waals surface area contributed by atoms with E-state index in [0.717, 1.165) is 111 Å². The molecule has 7 rings (SSSR count). The lowest BCUT2D eigenvalue weighted by Crippen LogP contribution is -2.36. The monoisotopic (exact) mass is 1020 g/mol. The fraction of sp³-hybridized carbons (Fsp3) is 0.474. The predicted octanol–water partition coefficient (Wildman–Crippen LogP) is 8.96. The summed E-state index contributed by atoms with van der Waals surface area (Å²) in [7, 11) is 5.23. The number of fused-ring (bicyclic) bond motifs is 2. The van der Waals surface area contributed by atoms with Crippen LogP contribution in [0.1, 0.15) is 119 Å². The quantitative estimate of drug-likeness (QED) is 0.0569. The molecule has 2 aliphatic heterocycles. The van der Waals surface area contributed by atoms with Crippen LogP contribution in [0.15, 0.2) is 111 Å². The Morgan fingerprint density at radius 3 is 2.03 bits per heavy atom. The number of quaternary nitrogens is 2. The maximum absolute atomic E-state index is 12.9. The lowest BCUT2D eigenvalue weighted by atomic mass is 9.78. The number of aryl methyl sites for hydroxylation is 1. The van der Waals surface area contributed by atoms with Crippen molar-refractivity contribution in [1.82, 2.24) is 5.06 Å². The molecule has 0 bridgehead atoms. The van der Waals surface area contributed by atoms with Crippen LogP contribution in [0.2, 0.25) is 0 Å². The predicted molar refractivity (Wildman–Crippen MR) is 282 cm³/mol. The molecule has 0 radical (unpaired) electrons. The number of carbonyl (C=O) groups excluding carboxylic acids is 3. The number of hydrogen-bond donors (Lipinski definition) is 1. The molecule has 2 amide bonds. The summed E-state index contributed by atoms with van der Waals surface area (Å²) in [6.45, 7) is 11.2. The molecule has 1 atom stereocenters. The summed E-state index contributed by atoms with van der Waals surface area (Å²) >= 11 is 0. The van der Waals surface area contributed by atoms with Gasteiger partial charge in [-0.05, 0) is 116 Å². The van der Waals surface area contributed by atoms with Crippen LogP contribution in [0.4, 0.5) is 5.69 Å². The lowest BCUT2D eigenvalue weighted by molar-refractivity contribution is -0.871. The van der Waals surface area contributed by atoms with Gasteiger partial charge < -0.3 is 13.8 Å². The molecule has 0 aromatic heterocycles. The van der Waals surface area contributed by atoms with Crippen LogP contribution in [-0.4, -0.2) is 132 Å². The third-order valence-electron chi connectivity index (χ3n) is 14.8. The molecule has 4 aliphatic rings. The van der Waals surface area contributed by atoms with E-state index in [0.29, 0.717) is 22.9 Å². The molecule has 72 heavy (non-hydrogen) atoms. The molecular weight excluding hydrogens is 949 g/mol. The molecular formula is C57H75N4O9S2+3. The Balaban J connectivity index is 1.33. The van der Waals surface area contributed by atoms with Gasteiger partial charge in [-0.2, -0.15) is 13.0 Å². The molecule has 1 N–H and O–H groups in total. The third kappa shape index (κ3) is 12.2. The fourth-order valence-corrected chi connectivity index (χ4v) is 12.1. The molecule has 386 valence electrons. The van der Waals surface area contributed by atoms with Gasteiger partial charge in [0.1, 0.15) is 0 Å². The zero-order chi connectivity index (χ0) is 52.8. The second-order valence-corrected chi connectivity index (χ2v) is 26.6. The number of allylic oxidation sites excluding steroid dienone is 8. The highest BCUT2D eigenvalue weighted by molar-refractivity contribution is 7.90. The normalized spacial score (nSPS) is 20.4. The Hall–Kier alpha value is -5.32. The third-order valence-corrected chi connectivity index (χ3v) is 16.8. The minimum atomic E-state index is -4.44. The second kappa shape index (κ2) is 20.5. The molecule has 1 fully saturated rings. The Morgan fingerprint density at radius 2 is 1.40 bits per heavy atom. The van der Waals surface area contributed by atoms with Gasteiger partial charge in [-0.15, -0.1) is 5.06 Å². The number of benzene rings is 3. The van der Waals surface area contributed by atoms with Crippen molar-refractivity contribution in [2.75, 3.05) is 68.2 Å². The highest BCUT2D eigenvalue weighted by Crippen LogP contribution is 2.53. The molecule has 2 aliphatic carbocycles.